The molecule has 1 aromatic carbocycles. The lowest BCUT2D eigenvalue weighted by atomic mass is 9.95. The van der Waals surface area contributed by atoms with Gasteiger partial charge in [-0.25, -0.2) is 0 Å². The maximum absolute atomic E-state index is 12.8. The molecular weight excluding hydrogens is 338 g/mol. The third kappa shape index (κ3) is 2.62. The van der Waals surface area contributed by atoms with E-state index in [1.54, 1.807) is 32.0 Å². The van der Waals surface area contributed by atoms with Gasteiger partial charge in [-0.15, -0.1) is 5.10 Å². The minimum Gasteiger partial charge on any atom is -0.481 e. The maximum Gasteiger partial charge on any atom is 0.310 e. The van der Waals surface area contributed by atoms with E-state index in [1.165, 1.54) is 0 Å². The van der Waals surface area contributed by atoms with Crippen LogP contribution in [0.15, 0.2) is 18.2 Å². The van der Waals surface area contributed by atoms with Crippen LogP contribution >= 0.6 is 23.1 Å². The number of ketones is 1. The number of nitrogens with zero attached hydrogens (tertiary/aromatic N) is 2. The minimum absolute atomic E-state index is 0.242. The van der Waals surface area contributed by atoms with Gasteiger partial charge in [-0.2, -0.15) is 0 Å². The molecule has 0 spiro atoms. The first-order valence-electron chi connectivity index (χ1n) is 6.77. The third-order valence-electron chi connectivity index (χ3n) is 3.69. The van der Waals surface area contributed by atoms with Crippen molar-refractivity contribution >= 4 is 45.8 Å². The highest BCUT2D eigenvalue weighted by molar-refractivity contribution is 7.08. The summed E-state index contributed by atoms with van der Waals surface area (Å²) in [5, 5.41) is 14.4. The molecule has 0 bridgehead atoms. The summed E-state index contributed by atoms with van der Waals surface area (Å²) in [7, 11) is 0. The van der Waals surface area contributed by atoms with Crippen molar-refractivity contribution in [3.8, 4) is 0 Å². The monoisotopic (exact) mass is 349 g/mol. The number of fused-ring (bicyclic) bond motifs is 1. The van der Waals surface area contributed by atoms with Crippen LogP contribution < -0.4 is 0 Å². The van der Waals surface area contributed by atoms with Gasteiger partial charge < -0.3 is 10.1 Å². The highest BCUT2D eigenvalue weighted by Crippen LogP contribution is 2.33. The molecule has 3 rings (SSSR count). The number of nitrogens with one attached hydrogen (secondary N) is 1. The Kier molecular flexibility index (Phi) is 3.91. The van der Waals surface area contributed by atoms with Gasteiger partial charge in [-0.05, 0) is 37.5 Å². The maximum atomic E-state index is 12.8. The Morgan fingerprint density at radius 2 is 2.13 bits per heavy atom. The molecule has 0 aliphatic heterocycles. The minimum atomic E-state index is -1.01. The Morgan fingerprint density at radius 1 is 1.39 bits per heavy atom. The summed E-state index contributed by atoms with van der Waals surface area (Å²) in [6.45, 7) is 3.24. The number of aliphatic carboxylic acids is 1. The number of halogens is 1. The van der Waals surface area contributed by atoms with Gasteiger partial charge in [-0.3, -0.25) is 9.59 Å². The van der Waals surface area contributed by atoms with E-state index in [0.29, 0.717) is 32.1 Å². The van der Waals surface area contributed by atoms with E-state index >= 15 is 0 Å². The highest BCUT2D eigenvalue weighted by atomic mass is 35.5. The van der Waals surface area contributed by atoms with Crippen LogP contribution in [-0.2, 0) is 4.79 Å². The molecule has 3 aromatic rings. The summed E-state index contributed by atoms with van der Waals surface area (Å²) in [6, 6.07) is 5.06. The van der Waals surface area contributed by atoms with Gasteiger partial charge in [0.05, 0.1) is 17.3 Å². The molecule has 0 aliphatic carbocycles. The summed E-state index contributed by atoms with van der Waals surface area (Å²) in [4.78, 5) is 27.7. The van der Waals surface area contributed by atoms with Crippen molar-refractivity contribution < 1.29 is 14.7 Å². The molecule has 0 aliphatic rings. The predicted octanol–water partition coefficient (Wildman–Crippen LogP) is 3.40. The Hall–Kier alpha value is -2.25. The highest BCUT2D eigenvalue weighted by Gasteiger charge is 2.28. The summed E-state index contributed by atoms with van der Waals surface area (Å²) in [5.74, 6) is -2.16. The van der Waals surface area contributed by atoms with Crippen molar-refractivity contribution in [2.24, 2.45) is 0 Å². The number of aromatic nitrogens is 3. The Bertz CT molecular complexity index is 931. The Balaban J connectivity index is 2.27. The van der Waals surface area contributed by atoms with Crippen LogP contribution in [0.25, 0.3) is 10.9 Å². The van der Waals surface area contributed by atoms with Crippen LogP contribution in [0.2, 0.25) is 5.02 Å². The number of aryl methyl sites for hydroxylation is 1. The van der Waals surface area contributed by atoms with Gasteiger partial charge in [-0.1, -0.05) is 22.2 Å². The first kappa shape index (κ1) is 15.6. The predicted molar refractivity (Wildman–Crippen MR) is 87.4 cm³/mol. The first-order chi connectivity index (χ1) is 10.9. The van der Waals surface area contributed by atoms with Gasteiger partial charge in [0.15, 0.2) is 0 Å². The average molecular weight is 350 g/mol. The van der Waals surface area contributed by atoms with E-state index < -0.39 is 11.9 Å². The van der Waals surface area contributed by atoms with E-state index in [0.717, 1.165) is 11.5 Å². The number of aromatic amines is 1. The average Bonchev–Trinajstić information content (AvgIpc) is 3.08. The standard InChI is InChI=1S/C15H12ClN3O3S/c1-6(15(21)22)11-9-4-3-8(16)5-10(9)17-12(11)13(20)14-7(2)18-19-23-14/h3-6,17H,1-2H3,(H,21,22). The summed E-state index contributed by atoms with van der Waals surface area (Å²) < 4.78 is 3.77. The van der Waals surface area contributed by atoms with Gasteiger partial charge in [0.2, 0.25) is 5.78 Å². The largest absolute Gasteiger partial charge is 0.481 e. The number of H-pyrrole nitrogens is 1. The number of hydrogen-bond acceptors (Lipinski definition) is 5. The van der Waals surface area contributed by atoms with Crippen LogP contribution in [-0.4, -0.2) is 31.4 Å². The molecule has 2 heterocycles. The van der Waals surface area contributed by atoms with Crippen LogP contribution in [0.5, 0.6) is 0 Å². The Labute approximate surface area is 140 Å². The van der Waals surface area contributed by atoms with Crippen LogP contribution in [0, 0.1) is 6.92 Å². The molecule has 23 heavy (non-hydrogen) atoms. The molecule has 0 amide bonds. The van der Waals surface area contributed by atoms with E-state index in [-0.39, 0.29) is 11.5 Å². The number of rotatable bonds is 4. The normalized spacial score (nSPS) is 12.5. The summed E-state index contributed by atoms with van der Waals surface area (Å²) >= 11 is 6.98. The molecule has 118 valence electrons. The molecule has 0 saturated heterocycles. The molecule has 1 atom stereocenters. The second-order valence-electron chi connectivity index (χ2n) is 5.18. The Morgan fingerprint density at radius 3 is 2.74 bits per heavy atom. The zero-order valence-electron chi connectivity index (χ0n) is 12.3. The van der Waals surface area contributed by atoms with Gasteiger partial charge in [0.1, 0.15) is 4.88 Å². The van der Waals surface area contributed by atoms with Crippen molar-refractivity contribution in [2.75, 3.05) is 0 Å². The number of carboxylic acid groups (broad SMARTS) is 1. The van der Waals surface area contributed by atoms with Gasteiger partial charge in [0.25, 0.3) is 0 Å². The zero-order valence-corrected chi connectivity index (χ0v) is 13.8. The number of benzene rings is 1. The van der Waals surface area contributed by atoms with Crippen LogP contribution in [0.1, 0.15) is 39.5 Å². The third-order valence-corrected chi connectivity index (χ3v) is 4.75. The zero-order chi connectivity index (χ0) is 16.7. The van der Waals surface area contributed by atoms with Crippen LogP contribution in [0.4, 0.5) is 0 Å². The molecule has 2 aromatic heterocycles. The second kappa shape index (κ2) is 5.75. The van der Waals surface area contributed by atoms with Crippen LogP contribution in [0.3, 0.4) is 0 Å². The molecule has 6 nitrogen and oxygen atoms in total. The number of carbonyl (C=O) groups is 2. The quantitative estimate of drug-likeness (QED) is 0.704. The fourth-order valence-electron chi connectivity index (χ4n) is 2.50. The number of carboxylic acids is 1. The molecule has 0 radical (unpaired) electrons. The first-order valence-corrected chi connectivity index (χ1v) is 7.93. The van der Waals surface area contributed by atoms with Crippen molar-refractivity contribution in [1.82, 2.24) is 14.6 Å². The number of hydrogen-bond donors (Lipinski definition) is 2. The summed E-state index contributed by atoms with van der Waals surface area (Å²) in [6.07, 6.45) is 0. The van der Waals surface area contributed by atoms with Crippen molar-refractivity contribution in [3.63, 3.8) is 0 Å². The van der Waals surface area contributed by atoms with E-state index in [2.05, 4.69) is 14.6 Å². The lowest BCUT2D eigenvalue weighted by Crippen LogP contribution is -2.12. The van der Waals surface area contributed by atoms with Crippen molar-refractivity contribution in [2.45, 2.75) is 19.8 Å². The van der Waals surface area contributed by atoms with Gasteiger partial charge in [0, 0.05) is 21.5 Å². The fourth-order valence-corrected chi connectivity index (χ4v) is 3.27. The van der Waals surface area contributed by atoms with E-state index in [9.17, 15) is 14.7 Å². The second-order valence-corrected chi connectivity index (χ2v) is 6.37. The van der Waals surface area contributed by atoms with E-state index in [4.69, 9.17) is 11.6 Å². The molecule has 2 N–H and O–H groups in total. The SMILES string of the molecule is Cc1nnsc1C(=O)c1[nH]c2cc(Cl)ccc2c1C(C)C(=O)O. The lowest BCUT2D eigenvalue weighted by Gasteiger charge is -2.08. The summed E-state index contributed by atoms with van der Waals surface area (Å²) in [5.41, 5.74) is 1.83. The smallest absolute Gasteiger partial charge is 0.310 e. The molecular formula is C15H12ClN3O3S. The molecule has 0 fully saturated rings. The van der Waals surface area contributed by atoms with E-state index in [1.807, 2.05) is 0 Å². The van der Waals surface area contributed by atoms with Crippen molar-refractivity contribution in [1.29, 1.82) is 0 Å². The molecule has 1 unspecified atom stereocenters. The molecule has 8 heteroatoms. The topological polar surface area (TPSA) is 95.9 Å². The molecule has 0 saturated carbocycles. The van der Waals surface area contributed by atoms with Gasteiger partial charge >= 0.3 is 5.97 Å². The lowest BCUT2D eigenvalue weighted by molar-refractivity contribution is -0.138. The number of carbonyl (C=O) groups excluding carboxylic acids is 1. The van der Waals surface area contributed by atoms with Crippen molar-refractivity contribution in [3.05, 3.63) is 45.1 Å². The fraction of sp³-hybridized carbons (Fsp3) is 0.200.